The lowest BCUT2D eigenvalue weighted by Gasteiger charge is -2.01. The third kappa shape index (κ3) is 2.73. The van der Waals surface area contributed by atoms with Crippen molar-refractivity contribution in [1.82, 2.24) is 14.8 Å². The van der Waals surface area contributed by atoms with Gasteiger partial charge in [-0.05, 0) is 12.1 Å². The minimum atomic E-state index is 0.358. The minimum Gasteiger partial charge on any atom is -0.383 e. The molecule has 0 radical (unpaired) electrons. The van der Waals surface area contributed by atoms with E-state index in [-0.39, 0.29) is 0 Å². The Bertz CT molecular complexity index is 468. The molecule has 2 rings (SSSR count). The van der Waals surface area contributed by atoms with Crippen LogP contribution in [0.15, 0.2) is 30.3 Å². The lowest BCUT2D eigenvalue weighted by atomic mass is 10.3. The van der Waals surface area contributed by atoms with E-state index in [1.54, 1.807) is 11.8 Å². The molecule has 0 spiro atoms. The van der Waals surface area contributed by atoms with Crippen molar-refractivity contribution in [3.05, 3.63) is 30.3 Å². The van der Waals surface area contributed by atoms with E-state index >= 15 is 0 Å². The van der Waals surface area contributed by atoms with Crippen LogP contribution in [0.25, 0.3) is 5.69 Å². The third-order valence-corrected chi connectivity index (χ3v) is 2.22. The highest BCUT2D eigenvalue weighted by molar-refractivity contribution is 5.41. The summed E-state index contributed by atoms with van der Waals surface area (Å²) in [6.45, 7) is 1.24. The van der Waals surface area contributed by atoms with Crippen molar-refractivity contribution < 1.29 is 4.74 Å². The first-order chi connectivity index (χ1) is 8.31. The number of hydrogen-bond donors (Lipinski definition) is 2. The maximum Gasteiger partial charge on any atom is 0.244 e. The number of nitrogens with zero attached hydrogens (tertiary/aromatic N) is 3. The van der Waals surface area contributed by atoms with Gasteiger partial charge in [0.2, 0.25) is 11.9 Å². The molecule has 1 aromatic heterocycles. The molecule has 0 aliphatic heterocycles. The topological polar surface area (TPSA) is 78.0 Å². The van der Waals surface area contributed by atoms with Crippen LogP contribution in [0.4, 0.5) is 11.9 Å². The van der Waals surface area contributed by atoms with E-state index in [2.05, 4.69) is 15.4 Å². The molecule has 3 N–H and O–H groups in total. The molecule has 0 saturated heterocycles. The standard InChI is InChI=1S/C11H15N5O/c1-17-8-7-13-11-14-10(12)16(15-11)9-5-3-2-4-6-9/h2-6H,7-8H2,1H3,(H3,12,13,14,15). The SMILES string of the molecule is COCCNc1nc(N)n(-c2ccccc2)n1. The fourth-order valence-corrected chi connectivity index (χ4v) is 1.42. The van der Waals surface area contributed by atoms with Crippen molar-refractivity contribution in [2.75, 3.05) is 31.3 Å². The first-order valence-corrected chi connectivity index (χ1v) is 5.32. The Morgan fingerprint density at radius 3 is 2.82 bits per heavy atom. The van der Waals surface area contributed by atoms with Crippen molar-refractivity contribution in [1.29, 1.82) is 0 Å². The van der Waals surface area contributed by atoms with Crippen LogP contribution < -0.4 is 11.1 Å². The highest BCUT2D eigenvalue weighted by Gasteiger charge is 2.07. The number of methoxy groups -OCH3 is 1. The van der Waals surface area contributed by atoms with Gasteiger partial charge in [0.15, 0.2) is 0 Å². The molecule has 0 saturated carbocycles. The van der Waals surface area contributed by atoms with Crippen molar-refractivity contribution in [3.8, 4) is 5.69 Å². The number of rotatable bonds is 5. The van der Waals surface area contributed by atoms with Gasteiger partial charge in [0.1, 0.15) is 0 Å². The van der Waals surface area contributed by atoms with E-state index in [9.17, 15) is 0 Å². The van der Waals surface area contributed by atoms with Crippen LogP contribution in [0.1, 0.15) is 0 Å². The molecule has 0 amide bonds. The average Bonchev–Trinajstić information content (AvgIpc) is 2.72. The molecular weight excluding hydrogens is 218 g/mol. The largest absolute Gasteiger partial charge is 0.383 e. The van der Waals surface area contributed by atoms with Crippen LogP contribution in [-0.4, -0.2) is 35.0 Å². The molecule has 0 aliphatic carbocycles. The number of para-hydroxylation sites is 1. The fraction of sp³-hybridized carbons (Fsp3) is 0.273. The van der Waals surface area contributed by atoms with E-state index < -0.39 is 0 Å². The van der Waals surface area contributed by atoms with Crippen molar-refractivity contribution in [2.45, 2.75) is 0 Å². The summed E-state index contributed by atoms with van der Waals surface area (Å²) in [5.74, 6) is 0.861. The van der Waals surface area contributed by atoms with Gasteiger partial charge < -0.3 is 15.8 Å². The molecular formula is C11H15N5O. The third-order valence-electron chi connectivity index (χ3n) is 2.22. The quantitative estimate of drug-likeness (QED) is 0.750. The number of ether oxygens (including phenoxy) is 1. The van der Waals surface area contributed by atoms with Crippen molar-refractivity contribution in [2.24, 2.45) is 0 Å². The second kappa shape index (κ2) is 5.31. The van der Waals surface area contributed by atoms with E-state index in [0.717, 1.165) is 5.69 Å². The second-order valence-corrected chi connectivity index (χ2v) is 3.46. The van der Waals surface area contributed by atoms with E-state index in [4.69, 9.17) is 10.5 Å². The van der Waals surface area contributed by atoms with Crippen LogP contribution in [0.2, 0.25) is 0 Å². The molecule has 1 heterocycles. The highest BCUT2D eigenvalue weighted by atomic mass is 16.5. The number of nitrogen functional groups attached to an aromatic ring is 1. The lowest BCUT2D eigenvalue weighted by molar-refractivity contribution is 0.210. The van der Waals surface area contributed by atoms with Crippen LogP contribution in [0, 0.1) is 0 Å². The average molecular weight is 233 g/mol. The molecule has 17 heavy (non-hydrogen) atoms. The van der Waals surface area contributed by atoms with Crippen LogP contribution in [0.5, 0.6) is 0 Å². The summed E-state index contributed by atoms with van der Waals surface area (Å²) in [5.41, 5.74) is 6.68. The van der Waals surface area contributed by atoms with Gasteiger partial charge >= 0.3 is 0 Å². The molecule has 90 valence electrons. The lowest BCUT2D eigenvalue weighted by Crippen LogP contribution is -2.09. The Balaban J connectivity index is 2.14. The first kappa shape index (κ1) is 11.4. The summed E-state index contributed by atoms with van der Waals surface area (Å²) in [5, 5.41) is 7.29. The monoisotopic (exact) mass is 233 g/mol. The van der Waals surface area contributed by atoms with Gasteiger partial charge in [-0.3, -0.25) is 0 Å². The predicted molar refractivity (Wildman–Crippen MR) is 66.1 cm³/mol. The van der Waals surface area contributed by atoms with Gasteiger partial charge in [-0.15, -0.1) is 5.10 Å². The minimum absolute atomic E-state index is 0.358. The van der Waals surface area contributed by atoms with Crippen LogP contribution >= 0.6 is 0 Å². The molecule has 0 bridgehead atoms. The van der Waals surface area contributed by atoms with Gasteiger partial charge in [0, 0.05) is 13.7 Å². The molecule has 1 aromatic carbocycles. The number of benzene rings is 1. The summed E-state index contributed by atoms with van der Waals surface area (Å²) >= 11 is 0. The smallest absolute Gasteiger partial charge is 0.244 e. The summed E-state index contributed by atoms with van der Waals surface area (Å²) in [6.07, 6.45) is 0. The van der Waals surface area contributed by atoms with Gasteiger partial charge in [-0.2, -0.15) is 9.67 Å². The summed E-state index contributed by atoms with van der Waals surface area (Å²) in [6, 6.07) is 9.63. The normalized spacial score (nSPS) is 10.4. The number of nitrogens with one attached hydrogen (secondary N) is 1. The second-order valence-electron chi connectivity index (χ2n) is 3.46. The van der Waals surface area contributed by atoms with Gasteiger partial charge in [0.25, 0.3) is 0 Å². The number of anilines is 2. The molecule has 0 fully saturated rings. The highest BCUT2D eigenvalue weighted by Crippen LogP contribution is 2.12. The Morgan fingerprint density at radius 2 is 2.12 bits per heavy atom. The van der Waals surface area contributed by atoms with Crippen molar-refractivity contribution in [3.63, 3.8) is 0 Å². The van der Waals surface area contributed by atoms with Crippen molar-refractivity contribution >= 4 is 11.9 Å². The summed E-state index contributed by atoms with van der Waals surface area (Å²) in [4.78, 5) is 4.12. The maximum absolute atomic E-state index is 5.80. The Morgan fingerprint density at radius 1 is 1.35 bits per heavy atom. The Hall–Kier alpha value is -2.08. The molecule has 0 aliphatic rings. The molecule has 6 nitrogen and oxygen atoms in total. The zero-order valence-corrected chi connectivity index (χ0v) is 9.63. The molecule has 2 aromatic rings. The molecule has 0 unspecified atom stereocenters. The molecule has 0 atom stereocenters. The van der Waals surface area contributed by atoms with E-state index in [1.807, 2.05) is 30.3 Å². The Kier molecular flexibility index (Phi) is 3.56. The van der Waals surface area contributed by atoms with Crippen LogP contribution in [0.3, 0.4) is 0 Å². The van der Waals surface area contributed by atoms with Gasteiger partial charge in [-0.1, -0.05) is 18.2 Å². The number of nitrogens with two attached hydrogens (primary N) is 1. The maximum atomic E-state index is 5.80. The summed E-state index contributed by atoms with van der Waals surface area (Å²) < 4.78 is 6.52. The predicted octanol–water partition coefficient (Wildman–Crippen LogP) is 0.908. The zero-order chi connectivity index (χ0) is 12.1. The number of aromatic nitrogens is 3. The number of hydrogen-bond acceptors (Lipinski definition) is 5. The van der Waals surface area contributed by atoms with E-state index in [1.165, 1.54) is 0 Å². The Labute approximate surface area is 99.4 Å². The van der Waals surface area contributed by atoms with E-state index in [0.29, 0.717) is 25.0 Å². The summed E-state index contributed by atoms with van der Waals surface area (Å²) in [7, 11) is 1.64. The van der Waals surface area contributed by atoms with Crippen LogP contribution in [-0.2, 0) is 4.74 Å². The first-order valence-electron chi connectivity index (χ1n) is 5.32. The van der Waals surface area contributed by atoms with Gasteiger partial charge in [-0.25, -0.2) is 0 Å². The fourth-order valence-electron chi connectivity index (χ4n) is 1.42. The molecule has 6 heteroatoms. The zero-order valence-electron chi connectivity index (χ0n) is 9.63. The van der Waals surface area contributed by atoms with Gasteiger partial charge in [0.05, 0.1) is 12.3 Å².